The fourth-order valence-electron chi connectivity index (χ4n) is 0.797. The minimum absolute atomic E-state index is 0.142. The second-order valence-electron chi connectivity index (χ2n) is 2.32. The van der Waals surface area contributed by atoms with Gasteiger partial charge in [0.2, 0.25) is 0 Å². The molecule has 0 saturated carbocycles. The number of phenols is 1. The van der Waals surface area contributed by atoms with Crippen LogP contribution in [0.15, 0.2) is 30.9 Å². The molecule has 0 saturated heterocycles. The summed E-state index contributed by atoms with van der Waals surface area (Å²) in [5.41, 5.74) is 6.07. The number of anilines is 1. The van der Waals surface area contributed by atoms with Gasteiger partial charge in [-0.25, -0.2) is 0 Å². The van der Waals surface area contributed by atoms with Crippen LogP contribution < -0.4 is 10.5 Å². The molecule has 3 N–H and O–H groups in total. The summed E-state index contributed by atoms with van der Waals surface area (Å²) >= 11 is 0. The number of nitrogens with two attached hydrogens (primary N) is 1. The van der Waals surface area contributed by atoms with Crippen molar-refractivity contribution in [2.45, 2.75) is 0 Å². The second kappa shape index (κ2) is 3.67. The highest BCUT2D eigenvalue weighted by molar-refractivity contribution is 5.55. The van der Waals surface area contributed by atoms with Gasteiger partial charge in [-0.1, -0.05) is 12.7 Å². The summed E-state index contributed by atoms with van der Waals surface area (Å²) < 4.78 is 5.16. The number of hydrogen-bond donors (Lipinski definition) is 2. The van der Waals surface area contributed by atoms with Gasteiger partial charge in [0.25, 0.3) is 0 Å². The van der Waals surface area contributed by atoms with Gasteiger partial charge in [-0.15, -0.1) is 0 Å². The average Bonchev–Trinajstić information content (AvgIpc) is 2.07. The van der Waals surface area contributed by atoms with Crippen molar-refractivity contribution in [1.82, 2.24) is 0 Å². The summed E-state index contributed by atoms with van der Waals surface area (Å²) in [6, 6.07) is 4.57. The maximum absolute atomic E-state index is 9.08. The number of benzene rings is 1. The Hall–Kier alpha value is -1.64. The first-order valence-electron chi connectivity index (χ1n) is 3.56. The molecule has 3 nitrogen and oxygen atoms in total. The molecule has 3 heteroatoms. The van der Waals surface area contributed by atoms with Gasteiger partial charge in [0.1, 0.15) is 18.1 Å². The van der Waals surface area contributed by atoms with Crippen molar-refractivity contribution >= 4 is 5.69 Å². The van der Waals surface area contributed by atoms with E-state index in [9.17, 15) is 0 Å². The molecule has 0 spiro atoms. The molecule has 0 atom stereocenters. The van der Waals surface area contributed by atoms with E-state index in [1.807, 2.05) is 0 Å². The zero-order chi connectivity index (χ0) is 8.97. The summed E-state index contributed by atoms with van der Waals surface area (Å²) in [6.45, 7) is 3.88. The number of phenolic OH excluding ortho intramolecular Hbond substituents is 1. The summed E-state index contributed by atoms with van der Waals surface area (Å²) in [4.78, 5) is 0. The van der Waals surface area contributed by atoms with Crippen LogP contribution in [0.2, 0.25) is 0 Å². The highest BCUT2D eigenvalue weighted by Gasteiger charge is 1.99. The maximum Gasteiger partial charge on any atom is 0.146 e. The number of nitrogen functional groups attached to an aromatic ring is 1. The van der Waals surface area contributed by atoms with E-state index in [2.05, 4.69) is 6.58 Å². The molecular formula is C9H11NO2. The van der Waals surface area contributed by atoms with Crippen molar-refractivity contribution in [3.8, 4) is 11.5 Å². The molecule has 0 aliphatic rings. The van der Waals surface area contributed by atoms with Crippen LogP contribution in [0.25, 0.3) is 0 Å². The molecular weight excluding hydrogens is 154 g/mol. The Morgan fingerprint density at radius 1 is 1.58 bits per heavy atom. The minimum Gasteiger partial charge on any atom is -0.508 e. The van der Waals surface area contributed by atoms with E-state index in [0.29, 0.717) is 18.0 Å². The lowest BCUT2D eigenvalue weighted by Crippen LogP contribution is -1.96. The first kappa shape index (κ1) is 8.46. The van der Waals surface area contributed by atoms with Crippen molar-refractivity contribution in [3.05, 3.63) is 30.9 Å². The van der Waals surface area contributed by atoms with Gasteiger partial charge < -0.3 is 15.6 Å². The predicted molar refractivity (Wildman–Crippen MR) is 48.2 cm³/mol. The molecule has 0 unspecified atom stereocenters. The Labute approximate surface area is 71.1 Å². The zero-order valence-electron chi connectivity index (χ0n) is 6.66. The Balaban J connectivity index is 2.82. The quantitative estimate of drug-likeness (QED) is 0.406. The average molecular weight is 165 g/mol. The summed E-state index contributed by atoms with van der Waals surface area (Å²) in [7, 11) is 0. The Morgan fingerprint density at radius 2 is 2.33 bits per heavy atom. The maximum atomic E-state index is 9.08. The van der Waals surface area contributed by atoms with Gasteiger partial charge in [-0.05, 0) is 12.1 Å². The molecule has 0 radical (unpaired) electrons. The summed E-state index contributed by atoms with van der Waals surface area (Å²) in [6.07, 6.45) is 1.61. The highest BCUT2D eigenvalue weighted by atomic mass is 16.5. The van der Waals surface area contributed by atoms with E-state index in [-0.39, 0.29) is 5.75 Å². The third kappa shape index (κ3) is 1.92. The van der Waals surface area contributed by atoms with Crippen molar-refractivity contribution in [2.75, 3.05) is 12.3 Å². The van der Waals surface area contributed by atoms with Crippen LogP contribution in [0.4, 0.5) is 5.69 Å². The molecule has 0 heterocycles. The minimum atomic E-state index is 0.142. The van der Waals surface area contributed by atoms with Crippen LogP contribution in [0, 0.1) is 0 Å². The topological polar surface area (TPSA) is 55.5 Å². The fourth-order valence-corrected chi connectivity index (χ4v) is 0.797. The number of aromatic hydroxyl groups is 1. The SMILES string of the molecule is C=CCOc1cc(O)ccc1N. The van der Waals surface area contributed by atoms with Crippen molar-refractivity contribution in [2.24, 2.45) is 0 Å². The molecule has 12 heavy (non-hydrogen) atoms. The molecule has 0 aromatic heterocycles. The molecule has 0 fully saturated rings. The van der Waals surface area contributed by atoms with Crippen LogP contribution in [0.1, 0.15) is 0 Å². The van der Waals surface area contributed by atoms with E-state index in [4.69, 9.17) is 15.6 Å². The lowest BCUT2D eigenvalue weighted by atomic mass is 10.3. The molecule has 1 rings (SSSR count). The van der Waals surface area contributed by atoms with Crippen LogP contribution in [0.5, 0.6) is 11.5 Å². The monoisotopic (exact) mass is 165 g/mol. The summed E-state index contributed by atoms with van der Waals surface area (Å²) in [5.74, 6) is 0.623. The molecule has 0 aliphatic heterocycles. The Bertz CT molecular complexity index is 284. The van der Waals surface area contributed by atoms with E-state index in [1.165, 1.54) is 12.1 Å². The van der Waals surface area contributed by atoms with Crippen molar-refractivity contribution in [3.63, 3.8) is 0 Å². The molecule has 64 valence electrons. The normalized spacial score (nSPS) is 9.33. The van der Waals surface area contributed by atoms with Crippen LogP contribution >= 0.6 is 0 Å². The third-order valence-corrected chi connectivity index (χ3v) is 1.35. The predicted octanol–water partition coefficient (Wildman–Crippen LogP) is 1.54. The van der Waals surface area contributed by atoms with E-state index >= 15 is 0 Å². The van der Waals surface area contributed by atoms with Gasteiger partial charge in [-0.3, -0.25) is 0 Å². The highest BCUT2D eigenvalue weighted by Crippen LogP contribution is 2.25. The van der Waals surface area contributed by atoms with Gasteiger partial charge in [0, 0.05) is 6.07 Å². The van der Waals surface area contributed by atoms with Crippen molar-refractivity contribution in [1.29, 1.82) is 0 Å². The lowest BCUT2D eigenvalue weighted by Gasteiger charge is -2.06. The zero-order valence-corrected chi connectivity index (χ0v) is 6.66. The fraction of sp³-hybridized carbons (Fsp3) is 0.111. The number of rotatable bonds is 3. The molecule has 0 amide bonds. The van der Waals surface area contributed by atoms with E-state index in [1.54, 1.807) is 12.1 Å². The second-order valence-corrected chi connectivity index (χ2v) is 2.32. The first-order chi connectivity index (χ1) is 5.74. The largest absolute Gasteiger partial charge is 0.508 e. The lowest BCUT2D eigenvalue weighted by molar-refractivity contribution is 0.362. The molecule has 1 aromatic carbocycles. The number of ether oxygens (including phenoxy) is 1. The van der Waals surface area contributed by atoms with Gasteiger partial charge in [-0.2, -0.15) is 0 Å². The molecule has 1 aromatic rings. The first-order valence-corrected chi connectivity index (χ1v) is 3.56. The standard InChI is InChI=1S/C9H11NO2/c1-2-5-12-9-6-7(11)3-4-8(9)10/h2-4,6,11H,1,5,10H2. The molecule has 0 bridgehead atoms. The van der Waals surface area contributed by atoms with Gasteiger partial charge in [0.15, 0.2) is 0 Å². The Kier molecular flexibility index (Phi) is 2.58. The van der Waals surface area contributed by atoms with Crippen LogP contribution in [-0.4, -0.2) is 11.7 Å². The van der Waals surface area contributed by atoms with Gasteiger partial charge in [0.05, 0.1) is 5.69 Å². The third-order valence-electron chi connectivity index (χ3n) is 1.35. The van der Waals surface area contributed by atoms with Crippen LogP contribution in [0.3, 0.4) is 0 Å². The Morgan fingerprint density at radius 3 is 3.00 bits per heavy atom. The van der Waals surface area contributed by atoms with E-state index < -0.39 is 0 Å². The van der Waals surface area contributed by atoms with Crippen molar-refractivity contribution < 1.29 is 9.84 Å². The molecule has 0 aliphatic carbocycles. The number of hydrogen-bond acceptors (Lipinski definition) is 3. The summed E-state index contributed by atoms with van der Waals surface area (Å²) in [5, 5.41) is 9.08. The smallest absolute Gasteiger partial charge is 0.146 e. The van der Waals surface area contributed by atoms with Crippen LogP contribution in [-0.2, 0) is 0 Å². The van der Waals surface area contributed by atoms with Gasteiger partial charge >= 0.3 is 0 Å². The van der Waals surface area contributed by atoms with E-state index in [0.717, 1.165) is 0 Å².